The Labute approximate surface area is 64.2 Å². The summed E-state index contributed by atoms with van der Waals surface area (Å²) < 4.78 is 0. The topological polar surface area (TPSA) is 28.7 Å². The number of rotatable bonds is 0. The molecule has 0 bridgehead atoms. The van der Waals surface area contributed by atoms with Crippen molar-refractivity contribution in [1.29, 1.82) is 0 Å². The number of hydrogen-bond acceptors (Lipinski definition) is 1. The van der Waals surface area contributed by atoms with Crippen LogP contribution >= 0.6 is 23.2 Å². The maximum Gasteiger partial charge on any atom is 0.165 e. The van der Waals surface area contributed by atoms with Gasteiger partial charge in [0.05, 0.1) is 6.33 Å². The zero-order chi connectivity index (χ0) is 7.28. The molecule has 1 N–H and O–H groups in total. The Morgan fingerprint density at radius 3 is 2.11 bits per heavy atom. The average molecular weight is 167 g/mol. The van der Waals surface area contributed by atoms with Gasteiger partial charge in [-0.25, -0.2) is 4.98 Å². The normalized spacial score (nSPS) is 8.00. The summed E-state index contributed by atoms with van der Waals surface area (Å²) in [5.41, 5.74) is 0. The monoisotopic (exact) mass is 166 g/mol. The molecule has 1 aromatic heterocycles. The van der Waals surface area contributed by atoms with E-state index in [-0.39, 0.29) is 0 Å². The highest BCUT2D eigenvalue weighted by atomic mass is 35.5. The van der Waals surface area contributed by atoms with Crippen LogP contribution in [0, 0.1) is 0 Å². The van der Waals surface area contributed by atoms with E-state index in [1.807, 2.05) is 13.8 Å². The standard InChI is InChI=1S/C3H2Cl2N2.C2H6/c4-2-3(5)7-1-6-2;1-2/h1H,(H,6,7);1-2H3. The van der Waals surface area contributed by atoms with Gasteiger partial charge in [-0.15, -0.1) is 0 Å². The Bertz CT molecular complexity index is 145. The second-order valence-corrected chi connectivity index (χ2v) is 1.74. The highest BCUT2D eigenvalue weighted by molar-refractivity contribution is 6.40. The number of nitrogens with one attached hydrogen (secondary N) is 1. The quantitative estimate of drug-likeness (QED) is 0.632. The molecule has 0 spiro atoms. The zero-order valence-electron chi connectivity index (χ0n) is 5.28. The van der Waals surface area contributed by atoms with Crippen LogP contribution in [-0.2, 0) is 0 Å². The summed E-state index contributed by atoms with van der Waals surface area (Å²) in [7, 11) is 0. The molecule has 0 aliphatic rings. The molecule has 0 aliphatic heterocycles. The number of nitrogens with zero attached hydrogens (tertiary/aromatic N) is 1. The van der Waals surface area contributed by atoms with Crippen molar-refractivity contribution < 1.29 is 0 Å². The van der Waals surface area contributed by atoms with Crippen molar-refractivity contribution in [3.63, 3.8) is 0 Å². The van der Waals surface area contributed by atoms with Gasteiger partial charge in [0.2, 0.25) is 0 Å². The first-order valence-electron chi connectivity index (χ1n) is 2.65. The highest BCUT2D eigenvalue weighted by Crippen LogP contribution is 2.13. The first kappa shape index (κ1) is 8.79. The molecule has 0 amide bonds. The lowest BCUT2D eigenvalue weighted by molar-refractivity contribution is 1.31. The largest absolute Gasteiger partial charge is 0.334 e. The van der Waals surface area contributed by atoms with Gasteiger partial charge in [-0.1, -0.05) is 37.0 Å². The molecule has 0 radical (unpaired) electrons. The molecule has 0 fully saturated rings. The number of imidazole rings is 1. The summed E-state index contributed by atoms with van der Waals surface area (Å²) in [6.45, 7) is 4.00. The minimum absolute atomic E-state index is 0.321. The summed E-state index contributed by atoms with van der Waals surface area (Å²) >= 11 is 10.7. The van der Waals surface area contributed by atoms with E-state index in [0.717, 1.165) is 0 Å². The fraction of sp³-hybridized carbons (Fsp3) is 0.400. The predicted octanol–water partition coefficient (Wildman–Crippen LogP) is 2.74. The van der Waals surface area contributed by atoms with Crippen molar-refractivity contribution in [2.75, 3.05) is 0 Å². The van der Waals surface area contributed by atoms with Gasteiger partial charge < -0.3 is 4.98 Å². The van der Waals surface area contributed by atoms with Crippen LogP contribution in [0.1, 0.15) is 13.8 Å². The van der Waals surface area contributed by atoms with E-state index in [1.165, 1.54) is 6.33 Å². The lowest BCUT2D eigenvalue weighted by Gasteiger charge is -1.72. The minimum atomic E-state index is 0.321. The van der Waals surface area contributed by atoms with Gasteiger partial charge >= 0.3 is 0 Å². The molecule has 4 heteroatoms. The molecule has 1 aromatic rings. The lowest BCUT2D eigenvalue weighted by atomic mass is 10.9. The van der Waals surface area contributed by atoms with E-state index < -0.39 is 0 Å². The van der Waals surface area contributed by atoms with E-state index in [0.29, 0.717) is 10.3 Å². The molecule has 1 rings (SSSR count). The van der Waals surface area contributed by atoms with Gasteiger partial charge in [-0.3, -0.25) is 0 Å². The molecule has 2 nitrogen and oxygen atoms in total. The number of aromatic nitrogens is 2. The molecule has 0 saturated heterocycles. The minimum Gasteiger partial charge on any atom is -0.334 e. The first-order valence-corrected chi connectivity index (χ1v) is 3.40. The maximum atomic E-state index is 5.37. The van der Waals surface area contributed by atoms with E-state index >= 15 is 0 Å². The second kappa shape index (κ2) is 4.65. The smallest absolute Gasteiger partial charge is 0.165 e. The van der Waals surface area contributed by atoms with Crippen LogP contribution in [0.25, 0.3) is 0 Å². The molecule has 0 aromatic carbocycles. The van der Waals surface area contributed by atoms with E-state index in [1.54, 1.807) is 0 Å². The molecule has 0 unspecified atom stereocenters. The maximum absolute atomic E-state index is 5.37. The van der Waals surface area contributed by atoms with E-state index in [2.05, 4.69) is 9.97 Å². The number of halogens is 2. The predicted molar refractivity (Wildman–Crippen MR) is 40.0 cm³/mol. The Morgan fingerprint density at radius 1 is 1.44 bits per heavy atom. The Morgan fingerprint density at radius 2 is 2.00 bits per heavy atom. The summed E-state index contributed by atoms with van der Waals surface area (Å²) in [5.74, 6) is 0. The zero-order valence-corrected chi connectivity index (χ0v) is 6.79. The van der Waals surface area contributed by atoms with Gasteiger partial charge in [0.1, 0.15) is 5.15 Å². The summed E-state index contributed by atoms with van der Waals surface area (Å²) in [6.07, 6.45) is 1.44. The molecule has 1 heterocycles. The molecule has 52 valence electrons. The summed E-state index contributed by atoms with van der Waals surface area (Å²) in [5, 5.41) is 0.711. The fourth-order valence-corrected chi connectivity index (χ4v) is 0.463. The van der Waals surface area contributed by atoms with Crippen molar-refractivity contribution in [2.45, 2.75) is 13.8 Å². The number of aromatic amines is 1. The van der Waals surface area contributed by atoms with Crippen molar-refractivity contribution in [2.24, 2.45) is 0 Å². The Kier molecular flexibility index (Phi) is 4.54. The molecule has 0 atom stereocenters. The van der Waals surface area contributed by atoms with Gasteiger partial charge in [-0.05, 0) is 0 Å². The lowest BCUT2D eigenvalue weighted by Crippen LogP contribution is -1.56. The van der Waals surface area contributed by atoms with Crippen LogP contribution in [0.2, 0.25) is 10.3 Å². The van der Waals surface area contributed by atoms with Crippen molar-refractivity contribution in [1.82, 2.24) is 9.97 Å². The molecule has 0 aliphatic carbocycles. The van der Waals surface area contributed by atoms with Crippen molar-refractivity contribution in [3.8, 4) is 0 Å². The van der Waals surface area contributed by atoms with Crippen LogP contribution in [0.5, 0.6) is 0 Å². The van der Waals surface area contributed by atoms with E-state index in [9.17, 15) is 0 Å². The number of H-pyrrole nitrogens is 1. The average Bonchev–Trinajstić information content (AvgIpc) is 2.23. The fourth-order valence-electron chi connectivity index (χ4n) is 0.262. The molecular formula is C5H8Cl2N2. The van der Waals surface area contributed by atoms with Crippen molar-refractivity contribution >= 4 is 23.2 Å². The van der Waals surface area contributed by atoms with Gasteiger partial charge in [-0.2, -0.15) is 0 Å². The van der Waals surface area contributed by atoms with Gasteiger partial charge in [0.25, 0.3) is 0 Å². The third-order valence-electron chi connectivity index (χ3n) is 0.550. The SMILES string of the molecule is CC.Clc1nc[nH]c1Cl. The van der Waals surface area contributed by atoms with Crippen LogP contribution < -0.4 is 0 Å². The third kappa shape index (κ3) is 2.72. The van der Waals surface area contributed by atoms with Crippen LogP contribution in [-0.4, -0.2) is 9.97 Å². The Balaban J connectivity index is 0.000000291. The van der Waals surface area contributed by atoms with Crippen LogP contribution in [0.15, 0.2) is 6.33 Å². The first-order chi connectivity index (χ1) is 4.30. The van der Waals surface area contributed by atoms with E-state index in [4.69, 9.17) is 23.2 Å². The van der Waals surface area contributed by atoms with Gasteiger partial charge in [0.15, 0.2) is 5.15 Å². The molecular weight excluding hydrogens is 159 g/mol. The Hall–Kier alpha value is -0.210. The highest BCUT2D eigenvalue weighted by Gasteiger charge is 1.93. The summed E-state index contributed by atoms with van der Waals surface area (Å²) in [4.78, 5) is 6.18. The third-order valence-corrected chi connectivity index (χ3v) is 1.22. The molecule has 0 saturated carbocycles. The molecule has 9 heavy (non-hydrogen) atoms. The second-order valence-electron chi connectivity index (χ2n) is 1.01. The van der Waals surface area contributed by atoms with Gasteiger partial charge in [0, 0.05) is 0 Å². The van der Waals surface area contributed by atoms with Crippen molar-refractivity contribution in [3.05, 3.63) is 16.6 Å². The number of hydrogen-bond donors (Lipinski definition) is 1. The van der Waals surface area contributed by atoms with Crippen LogP contribution in [0.4, 0.5) is 0 Å². The van der Waals surface area contributed by atoms with Crippen LogP contribution in [0.3, 0.4) is 0 Å². The summed E-state index contributed by atoms with van der Waals surface area (Å²) in [6, 6.07) is 0.